The summed E-state index contributed by atoms with van der Waals surface area (Å²) in [6, 6.07) is 22.5. The highest BCUT2D eigenvalue weighted by molar-refractivity contribution is 5.97. The van der Waals surface area contributed by atoms with Gasteiger partial charge in [-0.3, -0.25) is 10.2 Å². The molecule has 4 heteroatoms. The van der Waals surface area contributed by atoms with Gasteiger partial charge in [-0.25, -0.2) is 5.01 Å². The van der Waals surface area contributed by atoms with Crippen LogP contribution in [0.1, 0.15) is 35.3 Å². The highest BCUT2D eigenvalue weighted by atomic mass is 16.2. The summed E-state index contributed by atoms with van der Waals surface area (Å²) in [6.45, 7) is 3.87. The first-order chi connectivity index (χ1) is 13.2. The van der Waals surface area contributed by atoms with Gasteiger partial charge in [0, 0.05) is 24.5 Å². The largest absolute Gasteiger partial charge is 0.313 e. The molecule has 1 aromatic heterocycles. The predicted octanol–water partition coefficient (Wildman–Crippen LogP) is 4.58. The van der Waals surface area contributed by atoms with Gasteiger partial charge in [-0.2, -0.15) is 0 Å². The summed E-state index contributed by atoms with van der Waals surface area (Å²) >= 11 is 0. The van der Waals surface area contributed by atoms with Crippen LogP contribution in [-0.4, -0.2) is 28.6 Å². The van der Waals surface area contributed by atoms with Crippen LogP contribution in [0.3, 0.4) is 0 Å². The van der Waals surface area contributed by atoms with Crippen LogP contribution in [-0.2, 0) is 0 Å². The van der Waals surface area contributed by atoms with Crippen molar-refractivity contribution in [1.82, 2.24) is 15.0 Å². The van der Waals surface area contributed by atoms with Gasteiger partial charge in [-0.15, -0.1) is 0 Å². The molecule has 1 aliphatic rings. The zero-order chi connectivity index (χ0) is 18.6. The third-order valence-corrected chi connectivity index (χ3v) is 5.19. The van der Waals surface area contributed by atoms with Crippen LogP contribution in [0.25, 0.3) is 16.9 Å². The van der Waals surface area contributed by atoms with E-state index in [1.54, 1.807) is 0 Å². The number of hydrogen-bond acceptors (Lipinski definition) is 2. The van der Waals surface area contributed by atoms with Gasteiger partial charge in [0.1, 0.15) is 0 Å². The molecule has 0 aliphatic carbocycles. The van der Waals surface area contributed by atoms with Crippen molar-refractivity contribution in [3.05, 3.63) is 78.0 Å². The summed E-state index contributed by atoms with van der Waals surface area (Å²) in [5.41, 5.74) is 7.97. The number of nitrogens with zero attached hydrogens (tertiary/aromatic N) is 2. The lowest BCUT2D eigenvalue weighted by atomic mass is 10.1. The minimum Gasteiger partial charge on any atom is -0.313 e. The number of carbonyl (C=O) groups is 1. The molecule has 3 aromatic rings. The molecule has 0 atom stereocenters. The lowest BCUT2D eigenvalue weighted by Crippen LogP contribution is -2.45. The Morgan fingerprint density at radius 1 is 0.889 bits per heavy atom. The first-order valence-corrected chi connectivity index (χ1v) is 9.63. The van der Waals surface area contributed by atoms with Gasteiger partial charge in [0.2, 0.25) is 0 Å². The van der Waals surface area contributed by atoms with E-state index in [1.165, 1.54) is 6.42 Å². The molecule has 1 aliphatic heterocycles. The summed E-state index contributed by atoms with van der Waals surface area (Å²) in [5.74, 6) is -0.0266. The van der Waals surface area contributed by atoms with E-state index in [1.807, 2.05) is 54.4 Å². The second kappa shape index (κ2) is 7.80. The lowest BCUT2D eigenvalue weighted by molar-refractivity contribution is 0.0749. The Bertz CT molecular complexity index is 910. The van der Waals surface area contributed by atoms with Gasteiger partial charge >= 0.3 is 0 Å². The quantitative estimate of drug-likeness (QED) is 0.740. The van der Waals surface area contributed by atoms with Crippen molar-refractivity contribution in [2.75, 3.05) is 13.1 Å². The molecule has 1 saturated heterocycles. The number of hydrazine groups is 1. The second-order valence-corrected chi connectivity index (χ2v) is 7.05. The fourth-order valence-electron chi connectivity index (χ4n) is 3.78. The van der Waals surface area contributed by atoms with Crippen LogP contribution in [0.15, 0.2) is 66.7 Å². The Morgan fingerprint density at radius 2 is 1.52 bits per heavy atom. The van der Waals surface area contributed by atoms with Crippen LogP contribution in [0, 0.1) is 6.92 Å². The van der Waals surface area contributed by atoms with Gasteiger partial charge in [-0.1, -0.05) is 55.0 Å². The number of carbonyl (C=O) groups excluding carboxylic acids is 1. The molecular formula is C23H25N3O. The minimum atomic E-state index is -0.0266. The number of benzene rings is 2. The van der Waals surface area contributed by atoms with E-state index in [4.69, 9.17) is 0 Å². The SMILES string of the molecule is Cc1c(C(=O)NN2CCCCC2)cc(-c2ccccc2)n1-c1ccccc1. The highest BCUT2D eigenvalue weighted by Gasteiger charge is 2.21. The summed E-state index contributed by atoms with van der Waals surface area (Å²) in [5, 5.41) is 2.05. The Balaban J connectivity index is 1.75. The summed E-state index contributed by atoms with van der Waals surface area (Å²) in [7, 11) is 0. The number of amides is 1. The average Bonchev–Trinajstić information content (AvgIpc) is 3.07. The highest BCUT2D eigenvalue weighted by Crippen LogP contribution is 2.29. The van der Waals surface area contributed by atoms with E-state index in [0.29, 0.717) is 0 Å². The van der Waals surface area contributed by atoms with Crippen molar-refractivity contribution < 1.29 is 4.79 Å². The standard InChI is InChI=1S/C23H25N3O/c1-18-21(23(27)24-25-15-9-4-10-16-25)17-22(19-11-5-2-6-12-19)26(18)20-13-7-3-8-14-20/h2-3,5-8,11-14,17H,4,9-10,15-16H2,1H3,(H,24,27). The maximum Gasteiger partial charge on any atom is 0.267 e. The van der Waals surface area contributed by atoms with Crippen molar-refractivity contribution in [3.8, 4) is 16.9 Å². The third kappa shape index (κ3) is 3.67. The average molecular weight is 359 g/mol. The first kappa shape index (κ1) is 17.6. The fourth-order valence-corrected chi connectivity index (χ4v) is 3.78. The van der Waals surface area contributed by atoms with Gasteiger partial charge in [-0.05, 0) is 43.5 Å². The van der Waals surface area contributed by atoms with E-state index in [2.05, 4.69) is 34.3 Å². The Labute approximate surface area is 160 Å². The van der Waals surface area contributed by atoms with Crippen LogP contribution in [0.4, 0.5) is 0 Å². The van der Waals surface area contributed by atoms with E-state index >= 15 is 0 Å². The number of hydrogen-bond donors (Lipinski definition) is 1. The molecule has 2 heterocycles. The van der Waals surface area contributed by atoms with Crippen molar-refractivity contribution in [1.29, 1.82) is 0 Å². The van der Waals surface area contributed by atoms with Gasteiger partial charge in [0.25, 0.3) is 5.91 Å². The summed E-state index contributed by atoms with van der Waals surface area (Å²) < 4.78 is 2.17. The van der Waals surface area contributed by atoms with Crippen LogP contribution in [0.2, 0.25) is 0 Å². The van der Waals surface area contributed by atoms with E-state index in [9.17, 15) is 4.79 Å². The Morgan fingerprint density at radius 3 is 2.19 bits per heavy atom. The molecule has 1 amide bonds. The van der Waals surface area contributed by atoms with Gasteiger partial charge in [0.05, 0.1) is 11.3 Å². The molecule has 4 nitrogen and oxygen atoms in total. The van der Waals surface area contributed by atoms with E-state index in [0.717, 1.165) is 54.1 Å². The van der Waals surface area contributed by atoms with Crippen molar-refractivity contribution in [3.63, 3.8) is 0 Å². The summed E-state index contributed by atoms with van der Waals surface area (Å²) in [4.78, 5) is 13.0. The third-order valence-electron chi connectivity index (χ3n) is 5.19. The zero-order valence-electron chi connectivity index (χ0n) is 15.7. The fraction of sp³-hybridized carbons (Fsp3) is 0.261. The normalized spacial score (nSPS) is 14.9. The lowest BCUT2D eigenvalue weighted by Gasteiger charge is -2.26. The molecule has 27 heavy (non-hydrogen) atoms. The van der Waals surface area contributed by atoms with Gasteiger partial charge in [0.15, 0.2) is 0 Å². The van der Waals surface area contributed by atoms with E-state index in [-0.39, 0.29) is 5.91 Å². The molecule has 0 unspecified atom stereocenters. The molecule has 1 fully saturated rings. The predicted molar refractivity (Wildman–Crippen MR) is 109 cm³/mol. The van der Waals surface area contributed by atoms with E-state index < -0.39 is 0 Å². The van der Waals surface area contributed by atoms with Crippen LogP contribution < -0.4 is 5.43 Å². The molecule has 4 rings (SSSR count). The summed E-state index contributed by atoms with van der Waals surface area (Å²) in [6.07, 6.45) is 3.52. The monoisotopic (exact) mass is 359 g/mol. The molecule has 0 radical (unpaired) electrons. The number of para-hydroxylation sites is 1. The maximum absolute atomic E-state index is 13.0. The zero-order valence-corrected chi connectivity index (χ0v) is 15.7. The first-order valence-electron chi connectivity index (χ1n) is 9.63. The molecule has 1 N–H and O–H groups in total. The number of rotatable bonds is 4. The van der Waals surface area contributed by atoms with Crippen LogP contribution >= 0.6 is 0 Å². The topological polar surface area (TPSA) is 37.3 Å². The molecule has 0 bridgehead atoms. The smallest absolute Gasteiger partial charge is 0.267 e. The number of nitrogens with one attached hydrogen (secondary N) is 1. The number of piperidine rings is 1. The Hall–Kier alpha value is -2.85. The van der Waals surface area contributed by atoms with Crippen molar-refractivity contribution in [2.45, 2.75) is 26.2 Å². The molecule has 0 saturated carbocycles. The molecule has 0 spiro atoms. The van der Waals surface area contributed by atoms with Crippen molar-refractivity contribution in [2.24, 2.45) is 0 Å². The second-order valence-electron chi connectivity index (χ2n) is 7.05. The van der Waals surface area contributed by atoms with Gasteiger partial charge < -0.3 is 4.57 Å². The maximum atomic E-state index is 13.0. The number of aromatic nitrogens is 1. The molecule has 138 valence electrons. The Kier molecular flexibility index (Phi) is 5.07. The minimum absolute atomic E-state index is 0.0266. The molecule has 2 aromatic carbocycles. The van der Waals surface area contributed by atoms with Crippen molar-refractivity contribution >= 4 is 5.91 Å². The molecular weight excluding hydrogens is 334 g/mol. The van der Waals surface area contributed by atoms with Crippen LogP contribution in [0.5, 0.6) is 0 Å².